The molecule has 2 aliphatic carbocycles. The monoisotopic (exact) mass is 473 g/mol. The van der Waals surface area contributed by atoms with E-state index in [0.717, 1.165) is 47.7 Å². The van der Waals surface area contributed by atoms with Crippen molar-refractivity contribution in [3.05, 3.63) is 58.5 Å². The summed E-state index contributed by atoms with van der Waals surface area (Å²) in [5.74, 6) is 0.666. The SMILES string of the molecule is Cn1ncc(-c2ccc3cc(C4CC4)c(N)nc3c2)c1-c1c(F)c(Cl)cc(OC2CC2)c1C#N. The summed E-state index contributed by atoms with van der Waals surface area (Å²) < 4.78 is 22.9. The molecule has 6 rings (SSSR count). The van der Waals surface area contributed by atoms with Gasteiger partial charge in [-0.25, -0.2) is 9.37 Å². The van der Waals surface area contributed by atoms with Gasteiger partial charge < -0.3 is 10.5 Å². The lowest BCUT2D eigenvalue weighted by molar-refractivity contribution is 0.302. The number of nitrogens with zero attached hydrogens (tertiary/aromatic N) is 4. The summed E-state index contributed by atoms with van der Waals surface area (Å²) >= 11 is 6.24. The van der Waals surface area contributed by atoms with E-state index in [1.165, 1.54) is 6.07 Å². The molecule has 0 aliphatic heterocycles. The molecule has 170 valence electrons. The topological polar surface area (TPSA) is 89.8 Å². The van der Waals surface area contributed by atoms with Crippen molar-refractivity contribution in [2.24, 2.45) is 7.05 Å². The molecule has 2 aromatic heterocycles. The van der Waals surface area contributed by atoms with Crippen LogP contribution in [0.2, 0.25) is 5.02 Å². The highest BCUT2D eigenvalue weighted by molar-refractivity contribution is 6.31. The minimum Gasteiger partial charge on any atom is -0.489 e. The first kappa shape index (κ1) is 20.9. The minimum atomic E-state index is -0.677. The van der Waals surface area contributed by atoms with Crippen molar-refractivity contribution in [1.29, 1.82) is 5.26 Å². The Bertz CT molecular complexity index is 1510. The molecule has 2 fully saturated rings. The van der Waals surface area contributed by atoms with Crippen LogP contribution in [0.3, 0.4) is 0 Å². The number of hydrogen-bond acceptors (Lipinski definition) is 5. The Morgan fingerprint density at radius 3 is 2.71 bits per heavy atom. The number of aryl methyl sites for hydroxylation is 1. The molecule has 4 aromatic rings. The average molecular weight is 474 g/mol. The van der Waals surface area contributed by atoms with Gasteiger partial charge in [-0.15, -0.1) is 0 Å². The van der Waals surface area contributed by atoms with Crippen LogP contribution in [0.4, 0.5) is 10.2 Å². The molecule has 2 N–H and O–H groups in total. The predicted molar refractivity (Wildman–Crippen MR) is 129 cm³/mol. The molecule has 0 spiro atoms. The van der Waals surface area contributed by atoms with Gasteiger partial charge in [0.05, 0.1) is 34.1 Å². The highest BCUT2D eigenvalue weighted by Crippen LogP contribution is 2.45. The first-order chi connectivity index (χ1) is 16.4. The van der Waals surface area contributed by atoms with Crippen LogP contribution >= 0.6 is 11.6 Å². The molecule has 2 aliphatic rings. The number of anilines is 1. The molecule has 2 heterocycles. The molecule has 0 atom stereocenters. The number of pyridine rings is 1. The largest absolute Gasteiger partial charge is 0.489 e. The van der Waals surface area contributed by atoms with E-state index in [0.29, 0.717) is 28.7 Å². The zero-order valence-corrected chi connectivity index (χ0v) is 19.2. The third-order valence-electron chi connectivity index (χ3n) is 6.50. The maximum atomic E-state index is 15.4. The van der Waals surface area contributed by atoms with Gasteiger partial charge in [-0.05, 0) is 54.9 Å². The molecular weight excluding hydrogens is 453 g/mol. The lowest BCUT2D eigenvalue weighted by Gasteiger charge is -2.15. The number of ether oxygens (including phenoxy) is 1. The third kappa shape index (κ3) is 3.46. The zero-order chi connectivity index (χ0) is 23.6. The van der Waals surface area contributed by atoms with Crippen LogP contribution in [0.5, 0.6) is 5.75 Å². The molecule has 8 heteroatoms. The van der Waals surface area contributed by atoms with Gasteiger partial charge in [0.25, 0.3) is 0 Å². The highest BCUT2D eigenvalue weighted by Gasteiger charge is 2.30. The van der Waals surface area contributed by atoms with Gasteiger partial charge in [0.2, 0.25) is 0 Å². The Morgan fingerprint density at radius 2 is 2.00 bits per heavy atom. The first-order valence-corrected chi connectivity index (χ1v) is 11.6. The van der Waals surface area contributed by atoms with Gasteiger partial charge in [0.1, 0.15) is 23.2 Å². The smallest absolute Gasteiger partial charge is 0.152 e. The molecule has 0 unspecified atom stereocenters. The summed E-state index contributed by atoms with van der Waals surface area (Å²) in [5.41, 5.74) is 10.2. The molecule has 2 saturated carbocycles. The van der Waals surface area contributed by atoms with E-state index < -0.39 is 5.82 Å². The molecular formula is C26H21ClFN5O. The normalized spacial score (nSPS) is 15.5. The van der Waals surface area contributed by atoms with E-state index in [1.807, 2.05) is 18.2 Å². The second-order valence-electron chi connectivity index (χ2n) is 9.02. The van der Waals surface area contributed by atoms with E-state index >= 15 is 4.39 Å². The number of benzene rings is 2. The Labute approximate surface area is 200 Å². The van der Waals surface area contributed by atoms with Crippen molar-refractivity contribution in [3.63, 3.8) is 0 Å². The van der Waals surface area contributed by atoms with Gasteiger partial charge in [0, 0.05) is 24.1 Å². The molecule has 0 saturated heterocycles. The molecule has 6 nitrogen and oxygen atoms in total. The number of halogens is 2. The van der Waals surface area contributed by atoms with Gasteiger partial charge in [-0.2, -0.15) is 10.4 Å². The number of hydrogen-bond donors (Lipinski definition) is 1. The maximum Gasteiger partial charge on any atom is 0.152 e. The molecule has 0 bridgehead atoms. The Kier molecular flexibility index (Phi) is 4.75. The number of fused-ring (bicyclic) bond motifs is 1. The standard InChI is InChI=1S/C26H21ClFN5O/c1-33-25(23-18(11-29)22(34-16-6-7-16)10-20(27)24(23)28)19(12-31-33)14-4-5-15-8-17(13-2-3-13)26(30)32-21(15)9-14/h4-5,8-10,12-13,16H,2-3,6-7H2,1H3,(H2,30,32). The lowest BCUT2D eigenvalue weighted by atomic mass is 9.96. The first-order valence-electron chi connectivity index (χ1n) is 11.3. The van der Waals surface area contributed by atoms with Crippen LogP contribution in [-0.4, -0.2) is 20.9 Å². The third-order valence-corrected chi connectivity index (χ3v) is 6.77. The Balaban J connectivity index is 1.52. The van der Waals surface area contributed by atoms with Crippen LogP contribution in [0.25, 0.3) is 33.3 Å². The number of nitrogen functional groups attached to an aromatic ring is 1. The molecule has 34 heavy (non-hydrogen) atoms. The Morgan fingerprint density at radius 1 is 1.21 bits per heavy atom. The van der Waals surface area contributed by atoms with E-state index in [4.69, 9.17) is 22.1 Å². The van der Waals surface area contributed by atoms with Crippen molar-refractivity contribution >= 4 is 28.3 Å². The highest BCUT2D eigenvalue weighted by atomic mass is 35.5. The fourth-order valence-electron chi connectivity index (χ4n) is 4.43. The van der Waals surface area contributed by atoms with Crippen LogP contribution < -0.4 is 10.5 Å². The fourth-order valence-corrected chi connectivity index (χ4v) is 4.62. The second kappa shape index (κ2) is 7.71. The van der Waals surface area contributed by atoms with E-state index in [9.17, 15) is 5.26 Å². The van der Waals surface area contributed by atoms with E-state index in [2.05, 4.69) is 22.2 Å². The number of nitriles is 1. The second-order valence-corrected chi connectivity index (χ2v) is 9.43. The zero-order valence-electron chi connectivity index (χ0n) is 18.5. The quantitative estimate of drug-likeness (QED) is 0.386. The van der Waals surface area contributed by atoms with Gasteiger partial charge >= 0.3 is 0 Å². The summed E-state index contributed by atoms with van der Waals surface area (Å²) in [6.07, 6.45) is 5.79. The van der Waals surface area contributed by atoms with Crippen LogP contribution in [0.15, 0.2) is 36.5 Å². The summed E-state index contributed by atoms with van der Waals surface area (Å²) in [7, 11) is 1.71. The van der Waals surface area contributed by atoms with E-state index in [1.54, 1.807) is 17.9 Å². The van der Waals surface area contributed by atoms with Crippen LogP contribution in [0, 0.1) is 17.1 Å². The fraction of sp³-hybridized carbons (Fsp3) is 0.269. The van der Waals surface area contributed by atoms with Gasteiger partial charge in [-0.1, -0.05) is 23.7 Å². The number of nitrogens with two attached hydrogens (primary N) is 1. The summed E-state index contributed by atoms with van der Waals surface area (Å²) in [6, 6.07) is 11.5. The molecule has 0 amide bonds. The van der Waals surface area contributed by atoms with E-state index in [-0.39, 0.29) is 22.3 Å². The van der Waals surface area contributed by atoms with Gasteiger partial charge in [0.15, 0.2) is 5.82 Å². The summed E-state index contributed by atoms with van der Waals surface area (Å²) in [6.45, 7) is 0. The summed E-state index contributed by atoms with van der Waals surface area (Å²) in [4.78, 5) is 4.63. The molecule has 0 radical (unpaired) electrons. The number of aromatic nitrogens is 3. The van der Waals surface area contributed by atoms with Crippen molar-refractivity contribution < 1.29 is 9.13 Å². The van der Waals surface area contributed by atoms with Gasteiger partial charge in [-0.3, -0.25) is 4.68 Å². The number of rotatable bonds is 5. The van der Waals surface area contributed by atoms with Crippen molar-refractivity contribution in [2.75, 3.05) is 5.73 Å². The van der Waals surface area contributed by atoms with Crippen molar-refractivity contribution in [1.82, 2.24) is 14.8 Å². The average Bonchev–Trinajstić information content (AvgIpc) is 3.75. The van der Waals surface area contributed by atoms with Crippen molar-refractivity contribution in [3.8, 4) is 34.2 Å². The summed E-state index contributed by atoms with van der Waals surface area (Å²) in [5, 5.41) is 15.2. The predicted octanol–water partition coefficient (Wildman–Crippen LogP) is 5.97. The van der Waals surface area contributed by atoms with Crippen molar-refractivity contribution in [2.45, 2.75) is 37.7 Å². The van der Waals surface area contributed by atoms with Crippen LogP contribution in [0.1, 0.15) is 42.7 Å². The lowest BCUT2D eigenvalue weighted by Crippen LogP contribution is -2.04. The maximum absolute atomic E-state index is 15.4. The Hall–Kier alpha value is -3.63. The van der Waals surface area contributed by atoms with Crippen LogP contribution in [-0.2, 0) is 7.05 Å². The molecule has 2 aromatic carbocycles. The minimum absolute atomic E-state index is 0.0324.